The predicted octanol–water partition coefficient (Wildman–Crippen LogP) is 3.96. The van der Waals surface area contributed by atoms with Gasteiger partial charge in [0.1, 0.15) is 34.9 Å². The van der Waals surface area contributed by atoms with Gasteiger partial charge in [-0.3, -0.25) is 0 Å². The molecule has 0 aliphatic rings. The zero-order chi connectivity index (χ0) is 26.9. The summed E-state index contributed by atoms with van der Waals surface area (Å²) in [6, 6.07) is 7.56. The molecule has 0 saturated carbocycles. The second-order valence-electron chi connectivity index (χ2n) is 8.02. The van der Waals surface area contributed by atoms with Crippen molar-refractivity contribution in [2.45, 2.75) is 35.1 Å². The van der Waals surface area contributed by atoms with Crippen molar-refractivity contribution < 1.29 is 31.5 Å². The molecule has 38 heavy (non-hydrogen) atoms. The summed E-state index contributed by atoms with van der Waals surface area (Å²) < 4.78 is 76.0. The van der Waals surface area contributed by atoms with Crippen LogP contribution in [0.2, 0.25) is 0 Å². The third-order valence-corrected chi connectivity index (χ3v) is 6.06. The van der Waals surface area contributed by atoms with E-state index in [2.05, 4.69) is 30.6 Å². The van der Waals surface area contributed by atoms with Crippen LogP contribution >= 0.6 is 11.8 Å². The molecule has 0 aliphatic heterocycles. The van der Waals surface area contributed by atoms with Crippen molar-refractivity contribution in [1.29, 1.82) is 0 Å². The monoisotopic (exact) mass is 550 g/mol. The van der Waals surface area contributed by atoms with Gasteiger partial charge in [-0.15, -0.1) is 15.3 Å². The third kappa shape index (κ3) is 5.40. The molecule has 16 heteroatoms. The van der Waals surface area contributed by atoms with Crippen LogP contribution in [0.25, 0.3) is 11.5 Å². The van der Waals surface area contributed by atoms with Gasteiger partial charge in [-0.1, -0.05) is 23.4 Å². The Labute approximate surface area is 214 Å². The Kier molecular flexibility index (Phi) is 6.66. The molecule has 1 unspecified atom stereocenters. The summed E-state index contributed by atoms with van der Waals surface area (Å²) in [6.45, 7) is -0.569. The van der Waals surface area contributed by atoms with Gasteiger partial charge >= 0.3 is 6.18 Å². The summed E-state index contributed by atoms with van der Waals surface area (Å²) in [5.74, 6) is -2.12. The van der Waals surface area contributed by atoms with Crippen LogP contribution < -0.4 is 0 Å². The normalized spacial score (nSPS) is 13.5. The summed E-state index contributed by atoms with van der Waals surface area (Å²) in [6.07, 6.45) is -0.684. The van der Waals surface area contributed by atoms with Crippen molar-refractivity contribution >= 4 is 11.8 Å². The van der Waals surface area contributed by atoms with Gasteiger partial charge in [-0.05, 0) is 30.0 Å². The SMILES string of the molecule is OC(Cn1cncn1)(Cn1cc(Sc2nnc(-c3ccccc3C(F)(F)F)o2)nn1)c1ccc(F)cc1F. The van der Waals surface area contributed by atoms with Gasteiger partial charge in [0.05, 0.1) is 30.4 Å². The molecule has 0 radical (unpaired) electrons. The molecular weight excluding hydrogens is 535 g/mol. The Hall–Kier alpha value is -4.18. The topological polar surface area (TPSA) is 121 Å². The Bertz CT molecular complexity index is 1560. The molecular formula is C22H15F5N8O2S. The highest BCUT2D eigenvalue weighted by Gasteiger charge is 2.36. The van der Waals surface area contributed by atoms with E-state index in [9.17, 15) is 27.1 Å². The quantitative estimate of drug-likeness (QED) is 0.286. The first-order valence-corrected chi connectivity index (χ1v) is 11.5. The van der Waals surface area contributed by atoms with E-state index in [1.54, 1.807) is 0 Å². The lowest BCUT2D eigenvalue weighted by Gasteiger charge is -2.28. The first-order chi connectivity index (χ1) is 18.1. The second-order valence-corrected chi connectivity index (χ2v) is 8.99. The smallest absolute Gasteiger partial charge is 0.411 e. The average Bonchev–Trinajstić information content (AvgIpc) is 3.62. The van der Waals surface area contributed by atoms with Gasteiger partial charge < -0.3 is 9.52 Å². The van der Waals surface area contributed by atoms with Crippen LogP contribution in [0.15, 0.2) is 76.0 Å². The van der Waals surface area contributed by atoms with Crippen molar-refractivity contribution in [3.63, 3.8) is 0 Å². The first kappa shape index (κ1) is 25.5. The van der Waals surface area contributed by atoms with E-state index >= 15 is 0 Å². The predicted molar refractivity (Wildman–Crippen MR) is 119 cm³/mol. The maximum absolute atomic E-state index is 14.6. The third-order valence-electron chi connectivity index (χ3n) is 5.33. The number of aromatic nitrogens is 8. The van der Waals surface area contributed by atoms with Crippen LogP contribution in [0.1, 0.15) is 11.1 Å². The second kappa shape index (κ2) is 9.94. The lowest BCUT2D eigenvalue weighted by molar-refractivity contribution is -0.137. The van der Waals surface area contributed by atoms with Crippen LogP contribution in [-0.2, 0) is 24.9 Å². The summed E-state index contributed by atoms with van der Waals surface area (Å²) in [4.78, 5) is 3.80. The molecule has 5 rings (SSSR count). The highest BCUT2D eigenvalue weighted by atomic mass is 32.2. The van der Waals surface area contributed by atoms with Gasteiger partial charge in [0.2, 0.25) is 5.89 Å². The number of alkyl halides is 3. The van der Waals surface area contributed by atoms with E-state index in [0.29, 0.717) is 6.07 Å². The van der Waals surface area contributed by atoms with E-state index in [0.717, 1.165) is 30.0 Å². The van der Waals surface area contributed by atoms with E-state index in [1.165, 1.54) is 46.4 Å². The molecule has 10 nitrogen and oxygen atoms in total. The summed E-state index contributed by atoms with van der Waals surface area (Å²) >= 11 is 0.821. The molecule has 1 atom stereocenters. The first-order valence-electron chi connectivity index (χ1n) is 10.7. The Morgan fingerprint density at radius 3 is 2.47 bits per heavy atom. The number of rotatable bonds is 8. The van der Waals surface area contributed by atoms with Crippen LogP contribution in [0.4, 0.5) is 22.0 Å². The maximum Gasteiger partial charge on any atom is 0.417 e. The number of hydrogen-bond acceptors (Lipinski definition) is 9. The Morgan fingerprint density at radius 1 is 0.947 bits per heavy atom. The lowest BCUT2D eigenvalue weighted by Crippen LogP contribution is -2.37. The summed E-state index contributed by atoms with van der Waals surface area (Å²) in [7, 11) is 0. The molecule has 0 amide bonds. The Balaban J connectivity index is 1.37. The maximum atomic E-state index is 14.6. The average molecular weight is 550 g/mol. The fourth-order valence-electron chi connectivity index (χ4n) is 3.71. The molecule has 196 valence electrons. The Morgan fingerprint density at radius 2 is 1.74 bits per heavy atom. The number of benzene rings is 2. The molecule has 0 spiro atoms. The molecule has 1 N–H and O–H groups in total. The molecule has 0 fully saturated rings. The van der Waals surface area contributed by atoms with Crippen molar-refractivity contribution in [2.75, 3.05) is 0 Å². The minimum atomic E-state index is -4.62. The van der Waals surface area contributed by atoms with Crippen LogP contribution in [0, 0.1) is 11.6 Å². The molecule has 3 heterocycles. The highest BCUT2D eigenvalue weighted by molar-refractivity contribution is 7.99. The van der Waals surface area contributed by atoms with Crippen LogP contribution in [-0.4, -0.2) is 45.1 Å². The van der Waals surface area contributed by atoms with E-state index in [-0.39, 0.29) is 40.4 Å². The number of nitrogens with zero attached hydrogens (tertiary/aromatic N) is 8. The zero-order valence-electron chi connectivity index (χ0n) is 18.9. The standard InChI is InChI=1S/C22H15F5N8O2S/c23-13-5-6-16(17(24)7-13)21(36,10-35-12-28-11-29-35)9-34-8-18(30-33-34)38-20-32-31-19(37-20)14-3-1-2-4-15(14)22(25,26)27/h1-8,11-12,36H,9-10H2. The molecule has 3 aromatic heterocycles. The van der Waals surface area contributed by atoms with Crippen molar-refractivity contribution in [2.24, 2.45) is 0 Å². The van der Waals surface area contributed by atoms with E-state index in [1.807, 2.05) is 0 Å². The van der Waals surface area contributed by atoms with Gasteiger partial charge in [0.15, 0.2) is 0 Å². The van der Waals surface area contributed by atoms with Gasteiger partial charge in [0.25, 0.3) is 5.22 Å². The van der Waals surface area contributed by atoms with Crippen LogP contribution in [0.3, 0.4) is 0 Å². The summed E-state index contributed by atoms with van der Waals surface area (Å²) in [5.41, 5.74) is -3.35. The number of aliphatic hydroxyl groups is 1. The van der Waals surface area contributed by atoms with Crippen LogP contribution in [0.5, 0.6) is 0 Å². The molecule has 0 aliphatic carbocycles. The minimum Gasteiger partial charge on any atom is -0.411 e. The largest absolute Gasteiger partial charge is 0.417 e. The van der Waals surface area contributed by atoms with Gasteiger partial charge in [0, 0.05) is 11.6 Å². The van der Waals surface area contributed by atoms with Crippen molar-refractivity contribution in [3.05, 3.63) is 84.1 Å². The molecule has 0 saturated heterocycles. The van der Waals surface area contributed by atoms with Gasteiger partial charge in [-0.2, -0.15) is 18.3 Å². The fraction of sp³-hybridized carbons (Fsp3) is 0.182. The number of hydrogen-bond donors (Lipinski definition) is 1. The summed E-state index contributed by atoms with van der Waals surface area (Å²) in [5, 5.41) is 30.8. The molecule has 0 bridgehead atoms. The number of halogens is 5. The highest BCUT2D eigenvalue weighted by Crippen LogP contribution is 2.37. The van der Waals surface area contributed by atoms with Crippen molar-refractivity contribution in [1.82, 2.24) is 40.0 Å². The molecule has 2 aromatic carbocycles. The lowest BCUT2D eigenvalue weighted by atomic mass is 9.93. The van der Waals surface area contributed by atoms with Gasteiger partial charge in [-0.25, -0.2) is 23.1 Å². The fourth-order valence-corrected chi connectivity index (χ4v) is 4.34. The molecule has 5 aromatic rings. The minimum absolute atomic E-state index is 0.105. The van der Waals surface area contributed by atoms with E-state index < -0.39 is 29.0 Å². The van der Waals surface area contributed by atoms with Crippen molar-refractivity contribution in [3.8, 4) is 11.5 Å². The zero-order valence-corrected chi connectivity index (χ0v) is 19.7. The van der Waals surface area contributed by atoms with E-state index in [4.69, 9.17) is 4.42 Å².